The van der Waals surface area contributed by atoms with Crippen LogP contribution in [0.25, 0.3) is 0 Å². The molecule has 9 heteroatoms. The van der Waals surface area contributed by atoms with Crippen LogP contribution in [-0.4, -0.2) is 32.2 Å². The molecule has 3 N–H and O–H groups in total. The summed E-state index contributed by atoms with van der Waals surface area (Å²) in [5, 5.41) is 8.43. The van der Waals surface area contributed by atoms with Gasteiger partial charge in [0.2, 0.25) is 5.91 Å². The summed E-state index contributed by atoms with van der Waals surface area (Å²) in [4.78, 5) is 23.5. The Hall–Kier alpha value is -2.42. The van der Waals surface area contributed by atoms with E-state index in [0.717, 1.165) is 11.5 Å². The Bertz CT molecular complexity index is 790. The van der Waals surface area contributed by atoms with Crippen molar-refractivity contribution in [3.8, 4) is 0 Å². The zero-order chi connectivity index (χ0) is 17.9. The van der Waals surface area contributed by atoms with Crippen molar-refractivity contribution in [2.24, 2.45) is 5.92 Å². The minimum atomic E-state index is -3.27. The Balaban J connectivity index is 2.01. The van der Waals surface area contributed by atoms with Crippen LogP contribution in [0.3, 0.4) is 0 Å². The third kappa shape index (κ3) is 4.79. The highest BCUT2D eigenvalue weighted by Gasteiger charge is 2.23. The monoisotopic (exact) mass is 355 g/mol. The van der Waals surface area contributed by atoms with E-state index in [1.807, 2.05) is 0 Å². The number of carbonyl (C=O) groups excluding carboxylic acids is 2. The highest BCUT2D eigenvalue weighted by Crippen LogP contribution is 2.20. The molecule has 1 aliphatic heterocycles. The highest BCUT2D eigenvalue weighted by molar-refractivity contribution is 7.94. The molecule has 0 aliphatic carbocycles. The highest BCUT2D eigenvalue weighted by atomic mass is 32.2. The summed E-state index contributed by atoms with van der Waals surface area (Å²) < 4.78 is 36.3. The van der Waals surface area contributed by atoms with Crippen molar-refractivity contribution < 1.29 is 22.4 Å². The molecule has 0 saturated heterocycles. The third-order valence-corrected chi connectivity index (χ3v) is 4.65. The first-order valence-corrected chi connectivity index (χ1v) is 8.97. The van der Waals surface area contributed by atoms with Crippen molar-refractivity contribution in [3.63, 3.8) is 0 Å². The minimum absolute atomic E-state index is 0.0464. The van der Waals surface area contributed by atoms with E-state index in [2.05, 4.69) is 16.0 Å². The number of rotatable bonds is 4. The van der Waals surface area contributed by atoms with Gasteiger partial charge in [-0.3, -0.25) is 4.79 Å². The van der Waals surface area contributed by atoms with E-state index >= 15 is 0 Å². The molecule has 0 bridgehead atoms. The van der Waals surface area contributed by atoms with Gasteiger partial charge in [0.1, 0.15) is 5.82 Å². The molecule has 0 fully saturated rings. The molecular weight excluding hydrogens is 337 g/mol. The molecule has 24 heavy (non-hydrogen) atoms. The lowest BCUT2D eigenvalue weighted by atomic mass is 10.2. The van der Waals surface area contributed by atoms with Crippen LogP contribution in [0.4, 0.5) is 20.6 Å². The average molecular weight is 355 g/mol. The summed E-state index contributed by atoms with van der Waals surface area (Å²) in [6.45, 7) is 3.35. The number of urea groups is 1. The van der Waals surface area contributed by atoms with E-state index in [-0.39, 0.29) is 29.0 Å². The number of sulfone groups is 1. The molecule has 1 aromatic carbocycles. The molecule has 3 amide bonds. The maximum absolute atomic E-state index is 13.7. The van der Waals surface area contributed by atoms with E-state index in [9.17, 15) is 22.4 Å². The van der Waals surface area contributed by atoms with Gasteiger partial charge in [0.15, 0.2) is 9.84 Å². The largest absolute Gasteiger partial charge is 0.331 e. The van der Waals surface area contributed by atoms with Gasteiger partial charge in [-0.15, -0.1) is 0 Å². The maximum atomic E-state index is 13.7. The number of carbonyl (C=O) groups is 2. The topological polar surface area (TPSA) is 104 Å². The number of halogens is 1. The molecule has 1 atom stereocenters. The fourth-order valence-electron chi connectivity index (χ4n) is 1.98. The molecule has 7 nitrogen and oxygen atoms in total. The minimum Gasteiger partial charge on any atom is -0.331 e. The first kappa shape index (κ1) is 17.9. The third-order valence-electron chi connectivity index (χ3n) is 3.25. The molecule has 130 valence electrons. The van der Waals surface area contributed by atoms with Gasteiger partial charge in [0.05, 0.1) is 17.5 Å². The first-order chi connectivity index (χ1) is 11.2. The van der Waals surface area contributed by atoms with Gasteiger partial charge in [-0.1, -0.05) is 13.8 Å². The zero-order valence-electron chi connectivity index (χ0n) is 13.2. The van der Waals surface area contributed by atoms with Crippen molar-refractivity contribution >= 4 is 33.2 Å². The van der Waals surface area contributed by atoms with Gasteiger partial charge in [-0.2, -0.15) is 0 Å². The predicted molar refractivity (Wildman–Crippen MR) is 88.7 cm³/mol. The first-order valence-electron chi connectivity index (χ1n) is 7.25. The number of anilines is 2. The second-order valence-electron chi connectivity index (χ2n) is 5.70. The summed E-state index contributed by atoms with van der Waals surface area (Å²) in [5.41, 5.74) is 0.215. The van der Waals surface area contributed by atoms with E-state index in [1.165, 1.54) is 18.2 Å². The quantitative estimate of drug-likeness (QED) is 0.767. The van der Waals surface area contributed by atoms with Crippen LogP contribution in [0.2, 0.25) is 0 Å². The second-order valence-corrected chi connectivity index (χ2v) is 7.63. The number of nitrogens with one attached hydrogen (secondary N) is 3. The van der Waals surface area contributed by atoms with Gasteiger partial charge < -0.3 is 16.0 Å². The summed E-state index contributed by atoms with van der Waals surface area (Å²) in [5.74, 6) is -1.49. The van der Waals surface area contributed by atoms with Crippen LogP contribution in [0.5, 0.6) is 0 Å². The summed E-state index contributed by atoms with van der Waals surface area (Å²) >= 11 is 0. The fourth-order valence-corrected chi connectivity index (χ4v) is 3.21. The summed E-state index contributed by atoms with van der Waals surface area (Å²) in [7, 11) is -3.27. The van der Waals surface area contributed by atoms with E-state index in [0.29, 0.717) is 0 Å². The van der Waals surface area contributed by atoms with Crippen molar-refractivity contribution in [1.29, 1.82) is 0 Å². The van der Waals surface area contributed by atoms with Gasteiger partial charge in [0, 0.05) is 17.0 Å². The SMILES string of the molecule is CC(C)C(=O)Nc1cc(NC(=O)NC2C=CS(=O)(=O)C2)ccc1F. The van der Waals surface area contributed by atoms with Crippen LogP contribution in [0.1, 0.15) is 13.8 Å². The molecule has 0 radical (unpaired) electrons. The second kappa shape index (κ2) is 7.00. The van der Waals surface area contributed by atoms with Crippen molar-refractivity contribution in [2.75, 3.05) is 16.4 Å². The van der Waals surface area contributed by atoms with Crippen LogP contribution in [-0.2, 0) is 14.6 Å². The standard InChI is InChI=1S/C15H18FN3O4S/c1-9(2)14(20)19-13-7-10(3-4-12(13)16)17-15(21)18-11-5-6-24(22,23)8-11/h3-7,9,11H,8H2,1-2H3,(H,19,20)(H2,17,18,21). The van der Waals surface area contributed by atoms with E-state index in [1.54, 1.807) is 13.8 Å². The molecule has 0 saturated carbocycles. The van der Waals surface area contributed by atoms with Gasteiger partial charge in [0.25, 0.3) is 0 Å². The Morgan fingerprint density at radius 2 is 1.96 bits per heavy atom. The van der Waals surface area contributed by atoms with E-state index in [4.69, 9.17) is 0 Å². The summed E-state index contributed by atoms with van der Waals surface area (Å²) in [6, 6.07) is 2.49. The van der Waals surface area contributed by atoms with Crippen LogP contribution < -0.4 is 16.0 Å². The fraction of sp³-hybridized carbons (Fsp3) is 0.333. The molecule has 1 aliphatic rings. The normalized spacial score (nSPS) is 18.4. The van der Waals surface area contributed by atoms with Crippen LogP contribution in [0.15, 0.2) is 29.7 Å². The molecule has 2 rings (SSSR count). The average Bonchev–Trinajstić information content (AvgIpc) is 2.81. The lowest BCUT2D eigenvalue weighted by Gasteiger charge is -2.13. The maximum Gasteiger partial charge on any atom is 0.319 e. The van der Waals surface area contributed by atoms with Crippen molar-refractivity contribution in [1.82, 2.24) is 5.32 Å². The lowest BCUT2D eigenvalue weighted by Crippen LogP contribution is -2.38. The Labute approximate surface area is 139 Å². The van der Waals surface area contributed by atoms with Crippen molar-refractivity contribution in [2.45, 2.75) is 19.9 Å². The lowest BCUT2D eigenvalue weighted by molar-refractivity contribution is -0.118. The molecule has 0 spiro atoms. The number of hydrogen-bond donors (Lipinski definition) is 3. The Kier molecular flexibility index (Phi) is 5.23. The van der Waals surface area contributed by atoms with Crippen LogP contribution in [0, 0.1) is 11.7 Å². The number of benzene rings is 1. The number of hydrogen-bond acceptors (Lipinski definition) is 4. The molecule has 1 unspecified atom stereocenters. The van der Waals surface area contributed by atoms with Crippen LogP contribution >= 0.6 is 0 Å². The smallest absolute Gasteiger partial charge is 0.319 e. The number of amides is 3. The summed E-state index contributed by atoms with van der Waals surface area (Å²) in [6.07, 6.45) is 1.38. The molecule has 1 heterocycles. The molecule has 0 aromatic heterocycles. The molecule has 1 aromatic rings. The van der Waals surface area contributed by atoms with Crippen molar-refractivity contribution in [3.05, 3.63) is 35.5 Å². The van der Waals surface area contributed by atoms with E-state index < -0.39 is 27.7 Å². The Morgan fingerprint density at radius 3 is 2.54 bits per heavy atom. The van der Waals surface area contributed by atoms with Gasteiger partial charge in [-0.25, -0.2) is 17.6 Å². The van der Waals surface area contributed by atoms with Gasteiger partial charge in [-0.05, 0) is 24.3 Å². The zero-order valence-corrected chi connectivity index (χ0v) is 14.0. The molecular formula is C15H18FN3O4S. The Morgan fingerprint density at radius 1 is 1.25 bits per heavy atom. The van der Waals surface area contributed by atoms with Gasteiger partial charge >= 0.3 is 6.03 Å². The predicted octanol–water partition coefficient (Wildman–Crippen LogP) is 1.85.